The summed E-state index contributed by atoms with van der Waals surface area (Å²) in [6.45, 7) is 5.91. The molecule has 0 saturated heterocycles. The normalized spacial score (nSPS) is 11.6. The first kappa shape index (κ1) is 14.9. The SMILES string of the molecule is CCN(CC)c1ccc(/C=C(\C#N)c2nc3ccccc3[nH]2)o1. The molecule has 3 rings (SSSR count). The summed E-state index contributed by atoms with van der Waals surface area (Å²) in [6, 6.07) is 13.7. The number of anilines is 1. The van der Waals surface area contributed by atoms with Crippen molar-refractivity contribution in [1.29, 1.82) is 5.26 Å². The minimum atomic E-state index is 0.446. The number of H-pyrrole nitrogens is 1. The number of benzene rings is 1. The monoisotopic (exact) mass is 306 g/mol. The van der Waals surface area contributed by atoms with Crippen molar-refractivity contribution >= 4 is 28.6 Å². The van der Waals surface area contributed by atoms with Crippen molar-refractivity contribution in [3.8, 4) is 6.07 Å². The van der Waals surface area contributed by atoms with E-state index < -0.39 is 0 Å². The molecule has 0 atom stereocenters. The van der Waals surface area contributed by atoms with Gasteiger partial charge in [-0.25, -0.2) is 4.98 Å². The molecule has 0 unspecified atom stereocenters. The van der Waals surface area contributed by atoms with Gasteiger partial charge in [0.25, 0.3) is 0 Å². The summed E-state index contributed by atoms with van der Waals surface area (Å²) >= 11 is 0. The lowest BCUT2D eigenvalue weighted by Gasteiger charge is -2.16. The van der Waals surface area contributed by atoms with Crippen molar-refractivity contribution in [3.63, 3.8) is 0 Å². The van der Waals surface area contributed by atoms with E-state index in [1.807, 2.05) is 36.4 Å². The maximum atomic E-state index is 9.44. The first-order chi connectivity index (χ1) is 11.2. The van der Waals surface area contributed by atoms with E-state index in [9.17, 15) is 5.26 Å². The van der Waals surface area contributed by atoms with E-state index >= 15 is 0 Å². The fraction of sp³-hybridized carbons (Fsp3) is 0.222. The van der Waals surface area contributed by atoms with Crippen molar-refractivity contribution in [2.24, 2.45) is 0 Å². The maximum absolute atomic E-state index is 9.44. The number of para-hydroxylation sites is 2. The Bertz CT molecular complexity index is 845. The zero-order chi connectivity index (χ0) is 16.2. The molecule has 0 spiro atoms. The number of aromatic amines is 1. The number of nitriles is 1. The van der Waals surface area contributed by atoms with Crippen molar-refractivity contribution < 1.29 is 4.42 Å². The molecule has 0 amide bonds. The molecule has 2 aromatic heterocycles. The van der Waals surface area contributed by atoms with E-state index in [1.54, 1.807) is 6.08 Å². The molecule has 0 aliphatic carbocycles. The predicted octanol–water partition coefficient (Wildman–Crippen LogP) is 4.07. The molecule has 3 aromatic rings. The van der Waals surface area contributed by atoms with Crippen LogP contribution in [0.5, 0.6) is 0 Å². The van der Waals surface area contributed by atoms with Gasteiger partial charge in [-0.05, 0) is 32.0 Å². The lowest BCUT2D eigenvalue weighted by atomic mass is 10.2. The van der Waals surface area contributed by atoms with E-state index in [-0.39, 0.29) is 0 Å². The number of rotatable bonds is 5. The summed E-state index contributed by atoms with van der Waals surface area (Å²) in [4.78, 5) is 9.74. The van der Waals surface area contributed by atoms with Crippen molar-refractivity contribution in [2.75, 3.05) is 18.0 Å². The predicted molar refractivity (Wildman–Crippen MR) is 91.8 cm³/mol. The average molecular weight is 306 g/mol. The minimum absolute atomic E-state index is 0.446. The number of nitrogens with one attached hydrogen (secondary N) is 1. The molecule has 0 bridgehead atoms. The van der Waals surface area contributed by atoms with Gasteiger partial charge in [0.05, 0.1) is 16.6 Å². The molecule has 0 aliphatic heterocycles. The Morgan fingerprint density at radius 1 is 1.26 bits per heavy atom. The smallest absolute Gasteiger partial charge is 0.196 e. The summed E-state index contributed by atoms with van der Waals surface area (Å²) in [7, 11) is 0. The van der Waals surface area contributed by atoms with Crippen LogP contribution in [0, 0.1) is 11.3 Å². The Balaban J connectivity index is 1.94. The van der Waals surface area contributed by atoms with Crippen LogP contribution in [-0.2, 0) is 0 Å². The molecule has 5 heteroatoms. The van der Waals surface area contributed by atoms with Gasteiger partial charge in [0, 0.05) is 25.2 Å². The van der Waals surface area contributed by atoms with Crippen LogP contribution in [-0.4, -0.2) is 23.1 Å². The molecular formula is C18H18N4O. The summed E-state index contributed by atoms with van der Waals surface area (Å²) in [6.07, 6.45) is 1.71. The summed E-state index contributed by atoms with van der Waals surface area (Å²) in [5.74, 6) is 2.00. The Labute approximate surface area is 134 Å². The van der Waals surface area contributed by atoms with Gasteiger partial charge in [-0.3, -0.25) is 0 Å². The number of allylic oxidation sites excluding steroid dienone is 1. The van der Waals surface area contributed by atoms with Gasteiger partial charge >= 0.3 is 0 Å². The van der Waals surface area contributed by atoms with Gasteiger partial charge in [-0.2, -0.15) is 5.26 Å². The lowest BCUT2D eigenvalue weighted by Crippen LogP contribution is -2.20. The first-order valence-electron chi connectivity index (χ1n) is 7.66. The molecule has 5 nitrogen and oxygen atoms in total. The molecule has 0 aliphatic rings. The highest BCUT2D eigenvalue weighted by atomic mass is 16.4. The molecular weight excluding hydrogens is 288 g/mol. The van der Waals surface area contributed by atoms with E-state index in [4.69, 9.17) is 4.42 Å². The van der Waals surface area contributed by atoms with Gasteiger partial charge in [0.1, 0.15) is 17.7 Å². The van der Waals surface area contributed by atoms with Crippen LogP contribution in [0.1, 0.15) is 25.4 Å². The second-order valence-electron chi connectivity index (χ2n) is 5.12. The summed E-state index contributed by atoms with van der Waals surface area (Å²) in [5, 5.41) is 9.44. The molecule has 116 valence electrons. The van der Waals surface area contributed by atoms with E-state index in [1.165, 1.54) is 0 Å². The van der Waals surface area contributed by atoms with Gasteiger partial charge < -0.3 is 14.3 Å². The fourth-order valence-electron chi connectivity index (χ4n) is 2.50. The van der Waals surface area contributed by atoms with Gasteiger partial charge in [0.2, 0.25) is 0 Å². The number of furan rings is 1. The summed E-state index contributed by atoms with van der Waals surface area (Å²) in [5.41, 5.74) is 2.19. The van der Waals surface area contributed by atoms with Crippen molar-refractivity contribution in [2.45, 2.75) is 13.8 Å². The highest BCUT2D eigenvalue weighted by molar-refractivity contribution is 5.89. The number of fused-ring (bicyclic) bond motifs is 1. The Morgan fingerprint density at radius 2 is 2.04 bits per heavy atom. The maximum Gasteiger partial charge on any atom is 0.196 e. The molecule has 2 heterocycles. The molecule has 23 heavy (non-hydrogen) atoms. The number of nitrogens with zero attached hydrogens (tertiary/aromatic N) is 3. The number of imidazole rings is 1. The molecule has 0 radical (unpaired) electrons. The van der Waals surface area contributed by atoms with Crippen molar-refractivity contribution in [3.05, 3.63) is 48.0 Å². The van der Waals surface area contributed by atoms with Crippen molar-refractivity contribution in [1.82, 2.24) is 9.97 Å². The average Bonchev–Trinajstić information content (AvgIpc) is 3.20. The number of aromatic nitrogens is 2. The fourth-order valence-corrected chi connectivity index (χ4v) is 2.50. The Kier molecular flexibility index (Phi) is 4.15. The van der Waals surface area contributed by atoms with Crippen LogP contribution >= 0.6 is 0 Å². The quantitative estimate of drug-likeness (QED) is 0.721. The van der Waals surface area contributed by atoms with Crippen LogP contribution in [0.25, 0.3) is 22.7 Å². The second kappa shape index (κ2) is 6.41. The van der Waals surface area contributed by atoms with Gasteiger partial charge in [-0.1, -0.05) is 12.1 Å². The summed E-state index contributed by atoms with van der Waals surface area (Å²) < 4.78 is 5.81. The number of hydrogen-bond donors (Lipinski definition) is 1. The van der Waals surface area contributed by atoms with Crippen LogP contribution in [0.3, 0.4) is 0 Å². The molecule has 0 fully saturated rings. The highest BCUT2D eigenvalue weighted by Gasteiger charge is 2.10. The van der Waals surface area contributed by atoms with Gasteiger partial charge in [-0.15, -0.1) is 0 Å². The number of hydrogen-bond acceptors (Lipinski definition) is 4. The molecule has 1 aromatic carbocycles. The van der Waals surface area contributed by atoms with Crippen LogP contribution in [0.2, 0.25) is 0 Å². The van der Waals surface area contributed by atoms with Crippen LogP contribution in [0.4, 0.5) is 5.88 Å². The third kappa shape index (κ3) is 2.97. The second-order valence-corrected chi connectivity index (χ2v) is 5.12. The van der Waals surface area contributed by atoms with E-state index in [0.717, 1.165) is 30.0 Å². The zero-order valence-corrected chi connectivity index (χ0v) is 13.2. The van der Waals surface area contributed by atoms with Crippen LogP contribution in [0.15, 0.2) is 40.8 Å². The lowest BCUT2D eigenvalue weighted by molar-refractivity contribution is 0.541. The highest BCUT2D eigenvalue weighted by Crippen LogP contribution is 2.23. The standard InChI is InChI=1S/C18H18N4O/c1-3-22(4-2)17-10-9-14(23-17)11-13(12-19)18-20-15-7-5-6-8-16(15)21-18/h5-11H,3-4H2,1-2H3,(H,20,21)/b13-11+. The minimum Gasteiger partial charge on any atom is -0.441 e. The molecule has 1 N–H and O–H groups in total. The first-order valence-corrected chi connectivity index (χ1v) is 7.66. The topological polar surface area (TPSA) is 68.8 Å². The Morgan fingerprint density at radius 3 is 2.74 bits per heavy atom. The van der Waals surface area contributed by atoms with E-state index in [0.29, 0.717) is 17.2 Å². The van der Waals surface area contributed by atoms with Crippen LogP contribution < -0.4 is 4.90 Å². The molecule has 0 saturated carbocycles. The van der Waals surface area contributed by atoms with Gasteiger partial charge in [0.15, 0.2) is 5.88 Å². The Hall–Kier alpha value is -3.00. The zero-order valence-electron chi connectivity index (χ0n) is 13.2. The van der Waals surface area contributed by atoms with E-state index in [2.05, 4.69) is 34.8 Å². The third-order valence-corrected chi connectivity index (χ3v) is 3.74. The largest absolute Gasteiger partial charge is 0.441 e. The third-order valence-electron chi connectivity index (χ3n) is 3.74.